The van der Waals surface area contributed by atoms with Crippen molar-refractivity contribution >= 4 is 5.69 Å². The normalized spacial score (nSPS) is 25.8. The summed E-state index contributed by atoms with van der Waals surface area (Å²) >= 11 is 0. The highest BCUT2D eigenvalue weighted by Gasteiger charge is 2.28. The zero-order valence-corrected chi connectivity index (χ0v) is 11.6. The minimum Gasteiger partial charge on any atom is -0.397 e. The van der Waals surface area contributed by atoms with Crippen LogP contribution < -0.4 is 5.73 Å². The smallest absolute Gasteiger partial charge is 0.0545 e. The summed E-state index contributed by atoms with van der Waals surface area (Å²) in [6, 6.07) is 4.76. The van der Waals surface area contributed by atoms with Crippen LogP contribution in [-0.4, -0.2) is 47.0 Å². The number of nitrogens with zero attached hydrogens (tertiary/aromatic N) is 3. The van der Waals surface area contributed by atoms with Crippen molar-refractivity contribution in [2.24, 2.45) is 0 Å². The summed E-state index contributed by atoms with van der Waals surface area (Å²) in [6.07, 6.45) is 7.26. The van der Waals surface area contributed by atoms with Gasteiger partial charge < -0.3 is 5.73 Å². The fourth-order valence-electron chi connectivity index (χ4n) is 3.30. The number of aromatic nitrogens is 1. The minimum atomic E-state index is 0.747. The lowest BCUT2D eigenvalue weighted by Gasteiger charge is -2.32. The molecule has 0 amide bonds. The third kappa shape index (κ3) is 3.25. The molecule has 2 aliphatic rings. The van der Waals surface area contributed by atoms with E-state index in [1.54, 1.807) is 6.20 Å². The van der Waals surface area contributed by atoms with E-state index in [0.717, 1.165) is 24.0 Å². The highest BCUT2D eigenvalue weighted by Crippen LogP contribution is 2.21. The van der Waals surface area contributed by atoms with E-state index in [0.29, 0.717) is 0 Å². The van der Waals surface area contributed by atoms with Crippen molar-refractivity contribution in [3.05, 3.63) is 24.0 Å². The van der Waals surface area contributed by atoms with Crippen molar-refractivity contribution in [2.75, 3.05) is 31.9 Å². The monoisotopic (exact) mass is 260 g/mol. The van der Waals surface area contributed by atoms with E-state index >= 15 is 0 Å². The molecule has 0 spiro atoms. The van der Waals surface area contributed by atoms with Crippen molar-refractivity contribution < 1.29 is 0 Å². The van der Waals surface area contributed by atoms with Crippen molar-refractivity contribution in [2.45, 2.75) is 38.3 Å². The molecule has 1 aromatic rings. The molecular formula is C15H24N4. The van der Waals surface area contributed by atoms with E-state index in [-0.39, 0.29) is 0 Å². The van der Waals surface area contributed by atoms with Gasteiger partial charge in [0.1, 0.15) is 0 Å². The van der Waals surface area contributed by atoms with E-state index in [2.05, 4.69) is 14.8 Å². The fraction of sp³-hybridized carbons (Fsp3) is 0.667. The zero-order chi connectivity index (χ0) is 13.1. The number of nitrogens with two attached hydrogens (primary N) is 1. The molecule has 2 saturated heterocycles. The number of likely N-dealkylation sites (tertiary alicyclic amines) is 2. The third-order valence-corrected chi connectivity index (χ3v) is 4.39. The summed E-state index contributed by atoms with van der Waals surface area (Å²) in [5.41, 5.74) is 7.55. The van der Waals surface area contributed by atoms with Gasteiger partial charge >= 0.3 is 0 Å². The number of pyridine rings is 1. The van der Waals surface area contributed by atoms with Crippen LogP contribution in [0.15, 0.2) is 18.3 Å². The number of rotatable bonds is 3. The summed E-state index contributed by atoms with van der Waals surface area (Å²) in [5.74, 6) is 0. The Hall–Kier alpha value is -1.13. The molecule has 104 valence electrons. The van der Waals surface area contributed by atoms with Gasteiger partial charge in [-0.2, -0.15) is 0 Å². The molecule has 0 aromatic carbocycles. The van der Waals surface area contributed by atoms with Gasteiger partial charge in [-0.1, -0.05) is 6.42 Å². The summed E-state index contributed by atoms with van der Waals surface area (Å²) in [7, 11) is 0. The molecule has 0 aliphatic carbocycles. The second kappa shape index (κ2) is 5.88. The van der Waals surface area contributed by atoms with Gasteiger partial charge in [-0.25, -0.2) is 0 Å². The minimum absolute atomic E-state index is 0.747. The van der Waals surface area contributed by atoms with Crippen molar-refractivity contribution in [1.29, 1.82) is 0 Å². The average Bonchev–Trinajstić information content (AvgIpc) is 2.91. The molecule has 1 aromatic heterocycles. The lowest BCUT2D eigenvalue weighted by atomic mass is 10.1. The Bertz CT molecular complexity index is 397. The van der Waals surface area contributed by atoms with Gasteiger partial charge in [-0.05, 0) is 44.5 Å². The first-order valence-corrected chi connectivity index (χ1v) is 7.48. The van der Waals surface area contributed by atoms with E-state index in [1.807, 2.05) is 12.1 Å². The molecule has 2 aliphatic heterocycles. The second-order valence-electron chi connectivity index (χ2n) is 5.86. The largest absolute Gasteiger partial charge is 0.397 e. The van der Waals surface area contributed by atoms with E-state index < -0.39 is 0 Å². The third-order valence-electron chi connectivity index (χ3n) is 4.39. The first-order valence-electron chi connectivity index (χ1n) is 7.48. The summed E-state index contributed by atoms with van der Waals surface area (Å²) < 4.78 is 0. The highest BCUT2D eigenvalue weighted by molar-refractivity contribution is 5.34. The van der Waals surface area contributed by atoms with Gasteiger partial charge in [0.25, 0.3) is 0 Å². The molecule has 0 bridgehead atoms. The maximum atomic E-state index is 5.67. The van der Waals surface area contributed by atoms with Gasteiger partial charge in [0, 0.05) is 25.7 Å². The lowest BCUT2D eigenvalue weighted by Crippen LogP contribution is -2.40. The van der Waals surface area contributed by atoms with Gasteiger partial charge in [0.2, 0.25) is 0 Å². The zero-order valence-electron chi connectivity index (χ0n) is 11.6. The van der Waals surface area contributed by atoms with Gasteiger partial charge in [0.15, 0.2) is 0 Å². The second-order valence-corrected chi connectivity index (χ2v) is 5.86. The molecule has 3 heterocycles. The van der Waals surface area contributed by atoms with Crippen LogP contribution in [0.3, 0.4) is 0 Å². The molecule has 0 radical (unpaired) electrons. The SMILES string of the molecule is Nc1ccc(CN2CCC(N3CCCCC3)C2)nc1. The average molecular weight is 260 g/mol. The number of piperidine rings is 1. The molecule has 4 heteroatoms. The van der Waals surface area contributed by atoms with Crippen LogP contribution in [0.2, 0.25) is 0 Å². The quantitative estimate of drug-likeness (QED) is 0.899. The Kier molecular flexibility index (Phi) is 3.99. The molecule has 19 heavy (non-hydrogen) atoms. The topological polar surface area (TPSA) is 45.4 Å². The van der Waals surface area contributed by atoms with E-state index in [1.165, 1.54) is 51.9 Å². The molecule has 3 rings (SSSR count). The maximum absolute atomic E-state index is 5.67. The Morgan fingerprint density at radius 2 is 2.00 bits per heavy atom. The lowest BCUT2D eigenvalue weighted by molar-refractivity contribution is 0.161. The number of hydrogen-bond donors (Lipinski definition) is 1. The Morgan fingerprint density at radius 1 is 1.16 bits per heavy atom. The highest BCUT2D eigenvalue weighted by atomic mass is 15.3. The van der Waals surface area contributed by atoms with Crippen LogP contribution in [0, 0.1) is 0 Å². The van der Waals surface area contributed by atoms with Crippen LogP contribution in [0.25, 0.3) is 0 Å². The number of anilines is 1. The van der Waals surface area contributed by atoms with Crippen molar-refractivity contribution in [3.63, 3.8) is 0 Å². The Labute approximate surface area is 115 Å². The molecule has 2 N–H and O–H groups in total. The molecular weight excluding hydrogens is 236 g/mol. The molecule has 0 saturated carbocycles. The van der Waals surface area contributed by atoms with Crippen LogP contribution >= 0.6 is 0 Å². The summed E-state index contributed by atoms with van der Waals surface area (Å²) in [6.45, 7) is 5.97. The van der Waals surface area contributed by atoms with Crippen LogP contribution in [-0.2, 0) is 6.54 Å². The fourth-order valence-corrected chi connectivity index (χ4v) is 3.30. The Morgan fingerprint density at radius 3 is 2.74 bits per heavy atom. The van der Waals surface area contributed by atoms with Gasteiger partial charge in [-0.15, -0.1) is 0 Å². The Balaban J connectivity index is 1.52. The summed E-state index contributed by atoms with van der Waals surface area (Å²) in [5, 5.41) is 0. The molecule has 2 fully saturated rings. The van der Waals surface area contributed by atoms with E-state index in [4.69, 9.17) is 5.73 Å². The first-order chi connectivity index (χ1) is 9.31. The summed E-state index contributed by atoms with van der Waals surface area (Å²) in [4.78, 5) is 9.62. The maximum Gasteiger partial charge on any atom is 0.0545 e. The molecule has 1 atom stereocenters. The van der Waals surface area contributed by atoms with Crippen molar-refractivity contribution in [3.8, 4) is 0 Å². The predicted molar refractivity (Wildman–Crippen MR) is 77.8 cm³/mol. The van der Waals surface area contributed by atoms with Crippen LogP contribution in [0.4, 0.5) is 5.69 Å². The predicted octanol–water partition coefficient (Wildman–Crippen LogP) is 1.72. The standard InChI is InChI=1S/C15H24N4/c16-13-4-5-14(17-10-13)11-18-9-6-15(12-18)19-7-2-1-3-8-19/h4-5,10,15H,1-3,6-9,11-12,16H2. The first kappa shape index (κ1) is 12.9. The number of nitrogen functional groups attached to an aromatic ring is 1. The van der Waals surface area contributed by atoms with Crippen molar-refractivity contribution in [1.82, 2.24) is 14.8 Å². The van der Waals surface area contributed by atoms with Gasteiger partial charge in [0.05, 0.1) is 17.6 Å². The molecule has 1 unspecified atom stereocenters. The van der Waals surface area contributed by atoms with E-state index in [9.17, 15) is 0 Å². The van der Waals surface area contributed by atoms with Crippen LogP contribution in [0.1, 0.15) is 31.4 Å². The number of hydrogen-bond acceptors (Lipinski definition) is 4. The van der Waals surface area contributed by atoms with Gasteiger partial charge in [-0.3, -0.25) is 14.8 Å². The van der Waals surface area contributed by atoms with Crippen LogP contribution in [0.5, 0.6) is 0 Å². The molecule has 4 nitrogen and oxygen atoms in total.